The van der Waals surface area contributed by atoms with E-state index in [1.54, 1.807) is 11.1 Å². The van der Waals surface area contributed by atoms with Crippen molar-refractivity contribution >= 4 is 17.7 Å². The number of halogens is 1. The highest BCUT2D eigenvalue weighted by Crippen LogP contribution is 2.42. The van der Waals surface area contributed by atoms with Gasteiger partial charge < -0.3 is 14.4 Å². The Labute approximate surface area is 148 Å². The van der Waals surface area contributed by atoms with Gasteiger partial charge in [0.25, 0.3) is 0 Å². The first-order chi connectivity index (χ1) is 11.2. The number of fused-ring (bicyclic) bond motifs is 1. The van der Waals surface area contributed by atoms with Gasteiger partial charge in [-0.15, -0.1) is 0 Å². The third-order valence-corrected chi connectivity index (χ3v) is 5.02. The van der Waals surface area contributed by atoms with Crippen LogP contribution in [0.5, 0.6) is 5.75 Å². The Hall–Kier alpha value is -1.49. The van der Waals surface area contributed by atoms with Crippen molar-refractivity contribution in [2.75, 3.05) is 13.1 Å². The van der Waals surface area contributed by atoms with Crippen molar-refractivity contribution in [3.63, 3.8) is 0 Å². The van der Waals surface area contributed by atoms with Crippen LogP contribution in [-0.2, 0) is 11.2 Å². The number of hydrogen-bond acceptors (Lipinski definition) is 4. The molecule has 0 aliphatic carbocycles. The molecule has 132 valence electrons. The summed E-state index contributed by atoms with van der Waals surface area (Å²) in [7, 11) is 0. The zero-order valence-corrected chi connectivity index (χ0v) is 15.5. The standard InChI is InChI=1S/C18H25ClN2O3/c1-17(2,3)24-16(22)21-7-5-13(6-8-21)18(4)10-12-9-15(19)20-11-14(12)23-18/h9,11,13H,5-8,10H2,1-4H3. The Bertz CT molecular complexity index is 636. The summed E-state index contributed by atoms with van der Waals surface area (Å²) < 4.78 is 11.7. The molecule has 0 spiro atoms. The van der Waals surface area contributed by atoms with Gasteiger partial charge in [0.05, 0.1) is 6.20 Å². The summed E-state index contributed by atoms with van der Waals surface area (Å²) in [6, 6.07) is 1.89. The number of hydrogen-bond donors (Lipinski definition) is 0. The van der Waals surface area contributed by atoms with Gasteiger partial charge in [-0.2, -0.15) is 0 Å². The largest absolute Gasteiger partial charge is 0.485 e. The molecule has 2 aliphatic heterocycles. The quantitative estimate of drug-likeness (QED) is 0.715. The summed E-state index contributed by atoms with van der Waals surface area (Å²) in [6.45, 7) is 9.22. The summed E-state index contributed by atoms with van der Waals surface area (Å²) >= 11 is 5.98. The van der Waals surface area contributed by atoms with E-state index in [1.807, 2.05) is 26.8 Å². The molecule has 0 bridgehead atoms. The molecule has 1 atom stereocenters. The van der Waals surface area contributed by atoms with Crippen molar-refractivity contribution in [1.82, 2.24) is 9.88 Å². The smallest absolute Gasteiger partial charge is 0.410 e. The summed E-state index contributed by atoms with van der Waals surface area (Å²) in [4.78, 5) is 18.1. The maximum Gasteiger partial charge on any atom is 0.410 e. The minimum Gasteiger partial charge on any atom is -0.485 e. The lowest BCUT2D eigenvalue weighted by Gasteiger charge is -2.40. The molecular weight excluding hydrogens is 328 g/mol. The highest BCUT2D eigenvalue weighted by molar-refractivity contribution is 6.29. The molecular formula is C18H25ClN2O3. The van der Waals surface area contributed by atoms with Crippen LogP contribution in [0.4, 0.5) is 4.79 Å². The monoisotopic (exact) mass is 352 g/mol. The number of ether oxygens (including phenoxy) is 2. The van der Waals surface area contributed by atoms with E-state index in [1.165, 1.54) is 0 Å². The van der Waals surface area contributed by atoms with Crippen molar-refractivity contribution in [2.24, 2.45) is 5.92 Å². The second kappa shape index (κ2) is 6.10. The first-order valence-corrected chi connectivity index (χ1v) is 8.85. The molecule has 24 heavy (non-hydrogen) atoms. The van der Waals surface area contributed by atoms with Gasteiger partial charge in [0.1, 0.15) is 22.1 Å². The molecule has 0 saturated carbocycles. The predicted octanol–water partition coefficient (Wildman–Crippen LogP) is 4.08. The van der Waals surface area contributed by atoms with Crippen LogP contribution >= 0.6 is 11.6 Å². The lowest BCUT2D eigenvalue weighted by molar-refractivity contribution is -0.00829. The average molecular weight is 353 g/mol. The Morgan fingerprint density at radius 1 is 1.42 bits per heavy atom. The van der Waals surface area contributed by atoms with E-state index in [9.17, 15) is 4.79 Å². The summed E-state index contributed by atoms with van der Waals surface area (Å²) in [5, 5.41) is 0.501. The van der Waals surface area contributed by atoms with Gasteiger partial charge >= 0.3 is 6.09 Å². The van der Waals surface area contributed by atoms with Crippen molar-refractivity contribution in [3.8, 4) is 5.75 Å². The number of nitrogens with zero attached hydrogens (tertiary/aromatic N) is 2. The predicted molar refractivity (Wildman–Crippen MR) is 92.5 cm³/mol. The SMILES string of the molecule is CC(C)(C)OC(=O)N1CCC(C2(C)Cc3cc(Cl)ncc3O2)CC1. The lowest BCUT2D eigenvalue weighted by Crippen LogP contribution is -2.48. The van der Waals surface area contributed by atoms with Crippen LogP contribution in [0.1, 0.15) is 46.1 Å². The fourth-order valence-electron chi connectivity index (χ4n) is 3.58. The summed E-state index contributed by atoms with van der Waals surface area (Å²) in [6.07, 6.45) is 4.13. The maximum atomic E-state index is 12.2. The number of amides is 1. The van der Waals surface area contributed by atoms with Gasteiger partial charge in [0.15, 0.2) is 0 Å². The van der Waals surface area contributed by atoms with Crippen LogP contribution in [-0.4, -0.2) is 40.3 Å². The highest BCUT2D eigenvalue weighted by Gasteiger charge is 2.44. The van der Waals surface area contributed by atoms with Crippen LogP contribution < -0.4 is 4.74 Å². The number of pyridine rings is 1. The van der Waals surface area contributed by atoms with E-state index in [4.69, 9.17) is 21.1 Å². The molecule has 0 aromatic carbocycles. The van der Waals surface area contributed by atoms with E-state index >= 15 is 0 Å². The molecule has 1 aromatic heterocycles. The van der Waals surface area contributed by atoms with Crippen LogP contribution in [0, 0.1) is 5.92 Å². The van der Waals surface area contributed by atoms with Gasteiger partial charge in [-0.1, -0.05) is 11.6 Å². The van der Waals surface area contributed by atoms with E-state index in [0.717, 1.165) is 30.6 Å². The molecule has 5 nitrogen and oxygen atoms in total. The third-order valence-electron chi connectivity index (χ3n) is 4.81. The molecule has 1 unspecified atom stereocenters. The van der Waals surface area contributed by atoms with Crippen molar-refractivity contribution < 1.29 is 14.3 Å². The van der Waals surface area contributed by atoms with Crippen LogP contribution in [0.25, 0.3) is 0 Å². The molecule has 0 radical (unpaired) electrons. The van der Waals surface area contributed by atoms with E-state index < -0.39 is 5.60 Å². The van der Waals surface area contributed by atoms with Gasteiger partial charge in [-0.3, -0.25) is 0 Å². The van der Waals surface area contributed by atoms with Gasteiger partial charge in [-0.05, 0) is 46.6 Å². The van der Waals surface area contributed by atoms with Gasteiger partial charge in [0.2, 0.25) is 0 Å². The Balaban J connectivity index is 1.60. The van der Waals surface area contributed by atoms with Gasteiger partial charge in [-0.25, -0.2) is 9.78 Å². The maximum absolute atomic E-state index is 12.2. The normalized spacial score (nSPS) is 24.5. The number of piperidine rings is 1. The number of likely N-dealkylation sites (tertiary alicyclic amines) is 1. The fraction of sp³-hybridized carbons (Fsp3) is 0.667. The Morgan fingerprint density at radius 3 is 2.71 bits per heavy atom. The van der Waals surface area contributed by atoms with Crippen molar-refractivity contribution in [1.29, 1.82) is 0 Å². The zero-order valence-electron chi connectivity index (χ0n) is 14.8. The first kappa shape index (κ1) is 17.3. The minimum absolute atomic E-state index is 0.224. The molecule has 1 fully saturated rings. The average Bonchev–Trinajstić information content (AvgIpc) is 2.82. The molecule has 1 saturated heterocycles. The molecule has 1 amide bonds. The van der Waals surface area contributed by atoms with Crippen LogP contribution in [0.3, 0.4) is 0 Å². The molecule has 3 heterocycles. The second-order valence-electron chi connectivity index (χ2n) is 7.95. The van der Waals surface area contributed by atoms with E-state index in [2.05, 4.69) is 11.9 Å². The van der Waals surface area contributed by atoms with Gasteiger partial charge in [0, 0.05) is 31.0 Å². The number of carbonyl (C=O) groups is 1. The molecule has 3 rings (SSSR count). The van der Waals surface area contributed by atoms with Crippen molar-refractivity contribution in [3.05, 3.63) is 23.0 Å². The highest BCUT2D eigenvalue weighted by atomic mass is 35.5. The second-order valence-corrected chi connectivity index (χ2v) is 8.34. The molecule has 1 aromatic rings. The van der Waals surface area contributed by atoms with Crippen LogP contribution in [0.2, 0.25) is 5.15 Å². The Kier molecular flexibility index (Phi) is 4.41. The number of carbonyl (C=O) groups excluding carboxylic acids is 1. The van der Waals surface area contributed by atoms with Crippen molar-refractivity contribution in [2.45, 2.75) is 58.2 Å². The van der Waals surface area contributed by atoms with E-state index in [-0.39, 0.29) is 11.7 Å². The third kappa shape index (κ3) is 3.61. The zero-order chi connectivity index (χ0) is 17.5. The topological polar surface area (TPSA) is 51.7 Å². The molecule has 6 heteroatoms. The first-order valence-electron chi connectivity index (χ1n) is 8.48. The lowest BCUT2D eigenvalue weighted by atomic mass is 9.79. The number of rotatable bonds is 1. The van der Waals surface area contributed by atoms with E-state index in [0.29, 0.717) is 24.2 Å². The van der Waals surface area contributed by atoms with Crippen LogP contribution in [0.15, 0.2) is 12.3 Å². The Morgan fingerprint density at radius 2 is 2.08 bits per heavy atom. The number of aromatic nitrogens is 1. The minimum atomic E-state index is -0.456. The summed E-state index contributed by atoms with van der Waals surface area (Å²) in [5.41, 5.74) is 0.406. The molecule has 0 N–H and O–H groups in total. The summed E-state index contributed by atoms with van der Waals surface area (Å²) in [5.74, 6) is 1.22. The molecule has 2 aliphatic rings. The fourth-order valence-corrected chi connectivity index (χ4v) is 3.76.